The van der Waals surface area contributed by atoms with E-state index in [0.717, 1.165) is 0 Å². The van der Waals surface area contributed by atoms with Gasteiger partial charge in [0.15, 0.2) is 0 Å². The van der Waals surface area contributed by atoms with Gasteiger partial charge in [-0.15, -0.1) is 0 Å². The molecule has 0 saturated heterocycles. The van der Waals surface area contributed by atoms with Crippen molar-refractivity contribution in [2.45, 2.75) is 25.0 Å². The van der Waals surface area contributed by atoms with Crippen LogP contribution in [-0.4, -0.2) is 22.3 Å². The van der Waals surface area contributed by atoms with E-state index in [1.807, 2.05) is 18.2 Å². The highest BCUT2D eigenvalue weighted by molar-refractivity contribution is 5.95. The summed E-state index contributed by atoms with van der Waals surface area (Å²) in [6.45, 7) is 0. The third-order valence-corrected chi connectivity index (χ3v) is 3.47. The van der Waals surface area contributed by atoms with Crippen LogP contribution in [0.4, 0.5) is 0 Å². The Bertz CT molecular complexity index is 571. The highest BCUT2D eigenvalue weighted by atomic mass is 16.5. The van der Waals surface area contributed by atoms with Crippen LogP contribution in [-0.2, 0) is 9.53 Å². The summed E-state index contributed by atoms with van der Waals surface area (Å²) in [5.74, 6) is -0.125. The van der Waals surface area contributed by atoms with Crippen molar-refractivity contribution in [3.63, 3.8) is 0 Å². The molecule has 0 unspecified atom stereocenters. The zero-order valence-corrected chi connectivity index (χ0v) is 10.2. The quantitative estimate of drug-likeness (QED) is 0.791. The molecular formula is C15H14O4. The van der Waals surface area contributed by atoms with Gasteiger partial charge in [0.2, 0.25) is 0 Å². The number of carbonyl (C=O) groups excluding carboxylic acids is 1. The number of allylic oxidation sites excluding steroid dienone is 1. The van der Waals surface area contributed by atoms with Crippen LogP contribution in [0.3, 0.4) is 0 Å². The van der Waals surface area contributed by atoms with Gasteiger partial charge >= 0.3 is 5.97 Å². The first-order valence-corrected chi connectivity index (χ1v) is 6.25. The summed E-state index contributed by atoms with van der Waals surface area (Å²) in [5, 5.41) is 19.9. The molecule has 0 amide bonds. The van der Waals surface area contributed by atoms with E-state index in [1.54, 1.807) is 12.1 Å². The Morgan fingerprint density at radius 2 is 2.00 bits per heavy atom. The fraction of sp³-hybridized carbons (Fsp3) is 0.267. The first kappa shape index (κ1) is 12.1. The largest absolute Gasteiger partial charge is 0.423 e. The van der Waals surface area contributed by atoms with E-state index in [-0.39, 0.29) is 0 Å². The maximum Gasteiger partial charge on any atom is 0.342 e. The second-order valence-electron chi connectivity index (χ2n) is 4.73. The molecule has 0 spiro atoms. The minimum Gasteiger partial charge on any atom is -0.423 e. The fourth-order valence-electron chi connectivity index (χ4n) is 2.49. The molecule has 0 bridgehead atoms. The van der Waals surface area contributed by atoms with Crippen LogP contribution in [0, 0.1) is 0 Å². The lowest BCUT2D eigenvalue weighted by Gasteiger charge is -2.16. The van der Waals surface area contributed by atoms with Crippen molar-refractivity contribution in [2.24, 2.45) is 0 Å². The molecule has 0 fully saturated rings. The Morgan fingerprint density at radius 1 is 1.26 bits per heavy atom. The molecule has 1 aromatic rings. The number of benzene rings is 1. The Labute approximate surface area is 110 Å². The van der Waals surface area contributed by atoms with Gasteiger partial charge in [-0.3, -0.25) is 0 Å². The molecule has 1 heterocycles. The van der Waals surface area contributed by atoms with Crippen molar-refractivity contribution in [3.8, 4) is 0 Å². The number of hydrogen-bond acceptors (Lipinski definition) is 4. The van der Waals surface area contributed by atoms with E-state index in [0.29, 0.717) is 35.3 Å². The van der Waals surface area contributed by atoms with Gasteiger partial charge in [-0.25, -0.2) is 4.79 Å². The molecule has 3 rings (SSSR count). The lowest BCUT2D eigenvalue weighted by molar-refractivity contribution is -0.134. The van der Waals surface area contributed by atoms with E-state index in [1.165, 1.54) is 6.08 Å². The van der Waals surface area contributed by atoms with E-state index in [2.05, 4.69) is 0 Å². The smallest absolute Gasteiger partial charge is 0.342 e. The van der Waals surface area contributed by atoms with Gasteiger partial charge in [0, 0.05) is 5.57 Å². The second-order valence-corrected chi connectivity index (χ2v) is 4.73. The number of aliphatic hydroxyl groups is 2. The molecule has 2 atom stereocenters. The molecule has 19 heavy (non-hydrogen) atoms. The molecule has 98 valence electrons. The minimum atomic E-state index is -0.982. The Balaban J connectivity index is 2.02. The summed E-state index contributed by atoms with van der Waals surface area (Å²) < 4.78 is 5.12. The lowest BCUT2D eigenvalue weighted by atomic mass is 9.91. The van der Waals surface area contributed by atoms with Gasteiger partial charge in [-0.2, -0.15) is 0 Å². The van der Waals surface area contributed by atoms with Crippen LogP contribution in [0.5, 0.6) is 0 Å². The molecule has 1 aliphatic heterocycles. The Kier molecular flexibility index (Phi) is 2.97. The second kappa shape index (κ2) is 4.64. The summed E-state index contributed by atoms with van der Waals surface area (Å²) in [6, 6.07) is 9.01. The number of fused-ring (bicyclic) bond motifs is 1. The Hall–Kier alpha value is -1.91. The van der Waals surface area contributed by atoms with Crippen LogP contribution in [0.1, 0.15) is 24.5 Å². The molecule has 2 aliphatic rings. The first-order chi connectivity index (χ1) is 9.16. The van der Waals surface area contributed by atoms with Crippen molar-refractivity contribution in [3.05, 3.63) is 58.9 Å². The van der Waals surface area contributed by atoms with Crippen LogP contribution in [0.2, 0.25) is 0 Å². The summed E-state index contributed by atoms with van der Waals surface area (Å²) in [5.41, 5.74) is 1.67. The summed E-state index contributed by atoms with van der Waals surface area (Å²) >= 11 is 0. The molecule has 2 N–H and O–H groups in total. The highest BCUT2D eigenvalue weighted by Gasteiger charge is 2.36. The standard InChI is InChI=1S/C15H14O4/c16-10-6-7-11-12(8-10)19-15(18)13(11)14(17)9-4-2-1-3-5-9/h1-5,8,10,14,16-17H,6-7H2/t10-,14-/m0/s1. The summed E-state index contributed by atoms with van der Waals surface area (Å²) in [4.78, 5) is 11.9. The van der Waals surface area contributed by atoms with Crippen molar-refractivity contribution in [1.82, 2.24) is 0 Å². The van der Waals surface area contributed by atoms with Gasteiger partial charge in [-0.05, 0) is 24.5 Å². The third-order valence-electron chi connectivity index (χ3n) is 3.47. The van der Waals surface area contributed by atoms with Gasteiger partial charge in [0.05, 0.1) is 11.7 Å². The minimum absolute atomic E-state index is 0.296. The molecule has 1 aliphatic carbocycles. The van der Waals surface area contributed by atoms with E-state index >= 15 is 0 Å². The third kappa shape index (κ3) is 2.09. The molecule has 0 radical (unpaired) electrons. The zero-order valence-electron chi connectivity index (χ0n) is 10.2. The van der Waals surface area contributed by atoms with Gasteiger partial charge in [-0.1, -0.05) is 30.3 Å². The number of aliphatic hydroxyl groups excluding tert-OH is 2. The van der Waals surface area contributed by atoms with Crippen LogP contribution >= 0.6 is 0 Å². The van der Waals surface area contributed by atoms with Crippen molar-refractivity contribution >= 4 is 5.97 Å². The number of esters is 1. The number of hydrogen-bond donors (Lipinski definition) is 2. The van der Waals surface area contributed by atoms with Gasteiger partial charge < -0.3 is 14.9 Å². The van der Waals surface area contributed by atoms with Crippen LogP contribution < -0.4 is 0 Å². The molecule has 0 aromatic heterocycles. The lowest BCUT2D eigenvalue weighted by Crippen LogP contribution is -2.11. The maximum atomic E-state index is 11.9. The van der Waals surface area contributed by atoms with E-state index in [4.69, 9.17) is 4.74 Å². The predicted octanol–water partition coefficient (Wildman–Crippen LogP) is 1.61. The number of ether oxygens (including phenoxy) is 1. The SMILES string of the molecule is O=C1OC2=C[C@@H](O)CCC2=C1[C@@H](O)c1ccccc1. The molecule has 0 saturated carbocycles. The average Bonchev–Trinajstić information content (AvgIpc) is 2.74. The monoisotopic (exact) mass is 258 g/mol. The molecule has 4 heteroatoms. The number of rotatable bonds is 2. The van der Waals surface area contributed by atoms with E-state index in [9.17, 15) is 15.0 Å². The predicted molar refractivity (Wildman–Crippen MR) is 67.8 cm³/mol. The van der Waals surface area contributed by atoms with Crippen molar-refractivity contribution in [1.29, 1.82) is 0 Å². The van der Waals surface area contributed by atoms with Gasteiger partial charge in [0.1, 0.15) is 11.9 Å². The average molecular weight is 258 g/mol. The molecule has 1 aromatic carbocycles. The Morgan fingerprint density at radius 3 is 2.74 bits per heavy atom. The van der Waals surface area contributed by atoms with Crippen LogP contribution in [0.25, 0.3) is 0 Å². The highest BCUT2D eigenvalue weighted by Crippen LogP contribution is 2.39. The van der Waals surface area contributed by atoms with Crippen molar-refractivity contribution in [2.75, 3.05) is 0 Å². The zero-order chi connectivity index (χ0) is 13.4. The summed E-state index contributed by atoms with van der Waals surface area (Å²) in [6.07, 6.45) is 1.05. The molecule has 4 nitrogen and oxygen atoms in total. The van der Waals surface area contributed by atoms with E-state index < -0.39 is 18.2 Å². The molecular weight excluding hydrogens is 244 g/mol. The first-order valence-electron chi connectivity index (χ1n) is 6.25. The van der Waals surface area contributed by atoms with Crippen molar-refractivity contribution < 1.29 is 19.7 Å². The normalized spacial score (nSPS) is 23.8. The van der Waals surface area contributed by atoms with Gasteiger partial charge in [0.25, 0.3) is 0 Å². The summed E-state index contributed by atoms with van der Waals surface area (Å²) in [7, 11) is 0. The van der Waals surface area contributed by atoms with Crippen LogP contribution in [0.15, 0.2) is 53.3 Å². The number of carbonyl (C=O) groups is 1. The fourth-order valence-corrected chi connectivity index (χ4v) is 2.49. The maximum absolute atomic E-state index is 11.9. The topological polar surface area (TPSA) is 66.8 Å².